The molecule has 0 aliphatic carbocycles. The number of hydrogen-bond donors (Lipinski definition) is 2. The van der Waals surface area contributed by atoms with Gasteiger partial charge >= 0.3 is 0 Å². The second-order valence-corrected chi connectivity index (χ2v) is 6.03. The Labute approximate surface area is 139 Å². The Morgan fingerprint density at radius 1 is 1.09 bits per heavy atom. The summed E-state index contributed by atoms with van der Waals surface area (Å²) >= 11 is 6.38. The minimum Gasteiger partial charge on any atom is -0.366 e. The van der Waals surface area contributed by atoms with Gasteiger partial charge in [0.1, 0.15) is 0 Å². The van der Waals surface area contributed by atoms with Crippen LogP contribution in [0.5, 0.6) is 0 Å². The zero-order valence-electron chi connectivity index (χ0n) is 12.4. The van der Waals surface area contributed by atoms with Crippen LogP contribution in [0.4, 0.5) is 11.9 Å². The van der Waals surface area contributed by atoms with E-state index in [4.69, 9.17) is 17.3 Å². The quantitative estimate of drug-likeness (QED) is 0.754. The summed E-state index contributed by atoms with van der Waals surface area (Å²) in [5.41, 5.74) is 8.04. The summed E-state index contributed by atoms with van der Waals surface area (Å²) in [5.74, 6) is 0.945. The molecule has 3 N–H and O–H groups in total. The van der Waals surface area contributed by atoms with Crippen molar-refractivity contribution in [3.05, 3.63) is 70.7 Å². The number of nitrogen functional groups attached to an aromatic ring is 1. The van der Waals surface area contributed by atoms with Crippen LogP contribution in [-0.4, -0.2) is 14.8 Å². The third-order valence-electron chi connectivity index (χ3n) is 4.17. The van der Waals surface area contributed by atoms with E-state index in [0.29, 0.717) is 5.95 Å². The van der Waals surface area contributed by atoms with Crippen molar-refractivity contribution < 1.29 is 0 Å². The fraction of sp³-hybridized carbons (Fsp3) is 0.176. The van der Waals surface area contributed by atoms with Crippen LogP contribution in [0.15, 0.2) is 54.6 Å². The molecule has 2 heterocycles. The Balaban J connectivity index is 1.79. The molecule has 116 valence electrons. The molecule has 0 saturated heterocycles. The van der Waals surface area contributed by atoms with E-state index in [1.165, 1.54) is 5.56 Å². The standard InChI is InChI=1S/C17H16ClN5/c18-13-9-5-4-8-12(13)14-10-15(11-6-2-1-3-7-11)23-17(20-14)21-16(19)22-23/h1-9,14-15H,10H2,(H3,19,20,21,22)/t14-,15+/m1/s1. The van der Waals surface area contributed by atoms with Crippen LogP contribution in [0.25, 0.3) is 0 Å². The van der Waals surface area contributed by atoms with Crippen LogP contribution in [-0.2, 0) is 0 Å². The number of nitrogens with zero attached hydrogens (tertiary/aromatic N) is 3. The van der Waals surface area contributed by atoms with E-state index >= 15 is 0 Å². The van der Waals surface area contributed by atoms with Crippen LogP contribution in [0.2, 0.25) is 5.02 Å². The SMILES string of the molecule is Nc1nc2n(n1)[C@H](c1ccccc1)C[C@H](c1ccccc1Cl)N2. The van der Waals surface area contributed by atoms with E-state index in [9.17, 15) is 0 Å². The van der Waals surface area contributed by atoms with Crippen LogP contribution in [0, 0.1) is 0 Å². The van der Waals surface area contributed by atoms with Gasteiger partial charge in [-0.2, -0.15) is 4.98 Å². The summed E-state index contributed by atoms with van der Waals surface area (Å²) in [5, 5.41) is 8.49. The maximum Gasteiger partial charge on any atom is 0.241 e. The van der Waals surface area contributed by atoms with Crippen molar-refractivity contribution in [2.45, 2.75) is 18.5 Å². The highest BCUT2D eigenvalue weighted by atomic mass is 35.5. The van der Waals surface area contributed by atoms with E-state index in [2.05, 4.69) is 27.5 Å². The molecule has 3 aromatic rings. The number of benzene rings is 2. The topological polar surface area (TPSA) is 68.8 Å². The van der Waals surface area contributed by atoms with Gasteiger partial charge in [-0.05, 0) is 23.6 Å². The summed E-state index contributed by atoms with van der Waals surface area (Å²) in [6.45, 7) is 0. The Hall–Kier alpha value is -2.53. The molecule has 0 unspecified atom stereocenters. The molecule has 0 saturated carbocycles. The van der Waals surface area contributed by atoms with Crippen molar-refractivity contribution in [3.63, 3.8) is 0 Å². The van der Waals surface area contributed by atoms with Crippen molar-refractivity contribution in [1.29, 1.82) is 0 Å². The normalized spacial score (nSPS) is 19.9. The van der Waals surface area contributed by atoms with E-state index < -0.39 is 0 Å². The molecule has 0 spiro atoms. The van der Waals surface area contributed by atoms with Gasteiger partial charge in [0.15, 0.2) is 0 Å². The molecule has 0 fully saturated rings. The molecule has 23 heavy (non-hydrogen) atoms. The highest BCUT2D eigenvalue weighted by Crippen LogP contribution is 2.39. The molecule has 4 rings (SSSR count). The molecule has 5 nitrogen and oxygen atoms in total. The average Bonchev–Trinajstić information content (AvgIpc) is 2.95. The lowest BCUT2D eigenvalue weighted by molar-refractivity contribution is 0.431. The summed E-state index contributed by atoms with van der Waals surface area (Å²) in [4.78, 5) is 4.31. The number of nitrogens with one attached hydrogen (secondary N) is 1. The fourth-order valence-corrected chi connectivity index (χ4v) is 3.38. The lowest BCUT2D eigenvalue weighted by Gasteiger charge is -2.32. The molecule has 1 aliphatic heterocycles. The van der Waals surface area contributed by atoms with Gasteiger partial charge in [-0.3, -0.25) is 0 Å². The molecular formula is C17H16ClN5. The predicted molar refractivity (Wildman–Crippen MR) is 91.4 cm³/mol. The number of rotatable bonds is 2. The van der Waals surface area contributed by atoms with Crippen molar-refractivity contribution in [1.82, 2.24) is 14.8 Å². The first-order valence-corrected chi connectivity index (χ1v) is 7.88. The summed E-state index contributed by atoms with van der Waals surface area (Å²) in [7, 11) is 0. The molecule has 0 bridgehead atoms. The van der Waals surface area contributed by atoms with E-state index in [0.717, 1.165) is 17.0 Å². The number of halogens is 1. The van der Waals surface area contributed by atoms with Crippen molar-refractivity contribution >= 4 is 23.5 Å². The Morgan fingerprint density at radius 2 is 1.83 bits per heavy atom. The molecule has 1 aliphatic rings. The lowest BCUT2D eigenvalue weighted by Crippen LogP contribution is -2.28. The monoisotopic (exact) mass is 325 g/mol. The minimum absolute atomic E-state index is 0.0602. The summed E-state index contributed by atoms with van der Waals surface area (Å²) < 4.78 is 1.86. The smallest absolute Gasteiger partial charge is 0.241 e. The van der Waals surface area contributed by atoms with Gasteiger partial charge in [-0.1, -0.05) is 60.1 Å². The molecule has 0 amide bonds. The minimum atomic E-state index is 0.0602. The molecule has 2 aromatic carbocycles. The van der Waals surface area contributed by atoms with Gasteiger partial charge in [0.25, 0.3) is 0 Å². The van der Waals surface area contributed by atoms with Gasteiger partial charge in [0, 0.05) is 5.02 Å². The third kappa shape index (κ3) is 2.53. The van der Waals surface area contributed by atoms with Crippen molar-refractivity contribution in [3.8, 4) is 0 Å². The first-order valence-electron chi connectivity index (χ1n) is 7.50. The number of fused-ring (bicyclic) bond motifs is 1. The van der Waals surface area contributed by atoms with E-state index in [1.807, 2.05) is 47.1 Å². The fourth-order valence-electron chi connectivity index (χ4n) is 3.11. The number of aromatic nitrogens is 3. The van der Waals surface area contributed by atoms with Gasteiger partial charge in [-0.25, -0.2) is 4.68 Å². The maximum absolute atomic E-state index is 6.38. The van der Waals surface area contributed by atoms with Crippen molar-refractivity contribution in [2.75, 3.05) is 11.1 Å². The van der Waals surface area contributed by atoms with Crippen LogP contribution in [0.1, 0.15) is 29.6 Å². The predicted octanol–water partition coefficient (Wildman–Crippen LogP) is 3.66. The van der Waals surface area contributed by atoms with Crippen LogP contribution < -0.4 is 11.1 Å². The van der Waals surface area contributed by atoms with Crippen LogP contribution >= 0.6 is 11.6 Å². The van der Waals surface area contributed by atoms with Gasteiger partial charge in [0.2, 0.25) is 11.9 Å². The lowest BCUT2D eigenvalue weighted by atomic mass is 9.93. The molecule has 6 heteroatoms. The second kappa shape index (κ2) is 5.59. The molecule has 2 atom stereocenters. The molecule has 0 radical (unpaired) electrons. The summed E-state index contributed by atoms with van der Waals surface area (Å²) in [6.07, 6.45) is 0.823. The van der Waals surface area contributed by atoms with Crippen LogP contribution in [0.3, 0.4) is 0 Å². The molecular weight excluding hydrogens is 310 g/mol. The van der Waals surface area contributed by atoms with Gasteiger partial charge in [-0.15, -0.1) is 5.10 Å². The van der Waals surface area contributed by atoms with Crippen molar-refractivity contribution in [2.24, 2.45) is 0 Å². The largest absolute Gasteiger partial charge is 0.366 e. The second-order valence-electron chi connectivity index (χ2n) is 5.62. The first-order chi connectivity index (χ1) is 11.2. The van der Waals surface area contributed by atoms with E-state index in [1.54, 1.807) is 0 Å². The number of nitrogens with two attached hydrogens (primary N) is 1. The van der Waals surface area contributed by atoms with E-state index in [-0.39, 0.29) is 18.0 Å². The maximum atomic E-state index is 6.38. The highest BCUT2D eigenvalue weighted by Gasteiger charge is 2.31. The number of anilines is 2. The first kappa shape index (κ1) is 14.1. The number of hydrogen-bond acceptors (Lipinski definition) is 4. The third-order valence-corrected chi connectivity index (χ3v) is 4.51. The highest BCUT2D eigenvalue weighted by molar-refractivity contribution is 6.31. The average molecular weight is 326 g/mol. The Bertz CT molecular complexity index is 830. The van der Waals surface area contributed by atoms with Gasteiger partial charge < -0.3 is 11.1 Å². The Kier molecular flexibility index (Phi) is 3.42. The van der Waals surface area contributed by atoms with Gasteiger partial charge in [0.05, 0.1) is 12.1 Å². The Morgan fingerprint density at radius 3 is 2.61 bits per heavy atom. The zero-order chi connectivity index (χ0) is 15.8. The zero-order valence-corrected chi connectivity index (χ0v) is 13.1. The molecule has 1 aromatic heterocycles. The summed E-state index contributed by atoms with van der Waals surface area (Å²) in [6, 6.07) is 18.3.